The first kappa shape index (κ1) is 76.8. The summed E-state index contributed by atoms with van der Waals surface area (Å²) in [4.78, 5) is 7.05. The molecule has 0 aliphatic heterocycles. The molecule has 598 valence electrons. The summed E-state index contributed by atoms with van der Waals surface area (Å²) in [5.74, 6) is 0. The van der Waals surface area contributed by atoms with Crippen molar-refractivity contribution in [3.63, 3.8) is 0 Å². The van der Waals surface area contributed by atoms with Gasteiger partial charge in [0.2, 0.25) is 0 Å². The summed E-state index contributed by atoms with van der Waals surface area (Å²) in [5, 5.41) is 15.0. The maximum Gasteiger partial charge on any atom is 0.0542 e. The highest BCUT2D eigenvalue weighted by Crippen LogP contribution is 2.51. The third-order valence-electron chi connectivity index (χ3n) is 25.3. The van der Waals surface area contributed by atoms with Gasteiger partial charge in [0.05, 0.1) is 22.1 Å². The van der Waals surface area contributed by atoms with Crippen LogP contribution in [0.2, 0.25) is 0 Å². The molecule has 0 radical (unpaired) electrons. The first-order valence-electron chi connectivity index (χ1n) is 43.5. The average Bonchev–Trinajstić information content (AvgIpc) is 1.50. The highest BCUT2D eigenvalue weighted by atomic mass is 15.2. The van der Waals surface area contributed by atoms with Crippen molar-refractivity contribution in [1.29, 1.82) is 0 Å². The Labute approximate surface area is 731 Å². The van der Waals surface area contributed by atoms with Gasteiger partial charge in [0.25, 0.3) is 0 Å². The topological polar surface area (TPSA) is 19.6 Å². The summed E-state index contributed by atoms with van der Waals surface area (Å²) in [5.41, 5.74) is 33.6. The second-order valence-electron chi connectivity index (χ2n) is 34.1. The lowest BCUT2D eigenvalue weighted by Gasteiger charge is -2.26. The van der Waals surface area contributed by atoms with Crippen LogP contribution in [0.3, 0.4) is 0 Å². The minimum absolute atomic E-state index is 0.0960. The number of aryl methyl sites for hydroxylation is 4. The van der Waals surface area contributed by atoms with E-state index in [2.05, 4.69) is 509 Å². The Bertz CT molecular complexity index is 7510. The zero-order chi connectivity index (χ0) is 84.4. The normalized spacial score (nSPS) is 11.6. The van der Waals surface area contributed by atoms with Crippen molar-refractivity contribution in [1.82, 2.24) is 9.13 Å². The van der Waals surface area contributed by atoms with Crippen molar-refractivity contribution in [2.45, 2.75) is 53.9 Å². The van der Waals surface area contributed by atoms with Gasteiger partial charge in [0.1, 0.15) is 0 Å². The lowest BCUT2D eigenvalue weighted by molar-refractivity contribution is 0.590. The van der Waals surface area contributed by atoms with E-state index in [1.54, 1.807) is 0 Å². The molecule has 0 atom stereocenters. The van der Waals surface area contributed by atoms with E-state index < -0.39 is 0 Å². The van der Waals surface area contributed by atoms with Crippen LogP contribution in [0.25, 0.3) is 143 Å². The maximum atomic E-state index is 2.47. The molecule has 20 aromatic carbocycles. The molecule has 0 aliphatic carbocycles. The molecule has 22 aromatic rings. The van der Waals surface area contributed by atoms with Crippen LogP contribution in [0.15, 0.2) is 437 Å². The maximum absolute atomic E-state index is 2.47. The first-order chi connectivity index (χ1) is 61.3. The summed E-state index contributed by atoms with van der Waals surface area (Å²) in [6.45, 7) is 15.9. The van der Waals surface area contributed by atoms with Crippen LogP contribution in [0.5, 0.6) is 0 Å². The van der Waals surface area contributed by atoms with Crippen LogP contribution in [0.1, 0.15) is 48.6 Å². The smallest absolute Gasteiger partial charge is 0.0542 e. The van der Waals surface area contributed by atoms with Gasteiger partial charge in [-0.05, 0) is 301 Å². The van der Waals surface area contributed by atoms with E-state index in [4.69, 9.17) is 0 Å². The molecule has 125 heavy (non-hydrogen) atoms. The van der Waals surface area contributed by atoms with Crippen molar-refractivity contribution in [3.05, 3.63) is 465 Å². The summed E-state index contributed by atoms with van der Waals surface area (Å²) in [6.07, 6.45) is 0. The van der Waals surface area contributed by atoms with Crippen molar-refractivity contribution in [3.8, 4) is 55.9 Å². The highest BCUT2D eigenvalue weighted by Gasteiger charge is 2.27. The average molecular weight is 1610 g/mol. The predicted octanol–water partition coefficient (Wildman–Crippen LogP) is 33.8. The molecule has 0 aliphatic rings. The number of aromatic nitrogens is 2. The number of hydrogen-bond acceptors (Lipinski definition) is 3. The fourth-order valence-corrected chi connectivity index (χ4v) is 19.5. The standard InChI is InChI=1S/C63H45N3.C57H48N2/c1-44-41-50(35-38-53(44)63-56-33-19-17-31-54(56)62(45-21-7-2-8-22-45)55-32-18-20-34-57(55)63)66-60-39-36-51(64(46-23-9-3-10-24-46)47-25-11-4-12-26-47)42-58(60)59-43-52(37-40-61(59)66)65(48-27-13-5-14-28-48)49-29-15-6-16-30-49;1-37-25-31-48-51(33-37)55(40-26-28-41(29-27-40)57(4,5)6)46-22-13-14-23-47(46)56(48)49-34-39(3)54(35-38(49)2)59-52-24-16-15-21-45(52)50-36-44(30-32-53(50)59)58(42-17-9-7-10-18-42)43-19-11-8-12-20-43/h2-43H,1H3;7-36H,1-6H3. The molecule has 0 saturated heterocycles. The van der Waals surface area contributed by atoms with Crippen molar-refractivity contribution < 1.29 is 0 Å². The monoisotopic (exact) mass is 1600 g/mol. The van der Waals surface area contributed by atoms with E-state index in [1.807, 2.05) is 0 Å². The molecule has 0 amide bonds. The minimum Gasteiger partial charge on any atom is -0.310 e. The number of benzene rings is 20. The molecule has 2 heterocycles. The van der Waals surface area contributed by atoms with E-state index in [9.17, 15) is 0 Å². The van der Waals surface area contributed by atoms with Crippen molar-refractivity contribution in [2.75, 3.05) is 14.7 Å². The largest absolute Gasteiger partial charge is 0.310 e. The highest BCUT2D eigenvalue weighted by molar-refractivity contribution is 6.24. The fraction of sp³-hybridized carbons (Fsp3) is 0.0667. The molecule has 5 heteroatoms. The zero-order valence-corrected chi connectivity index (χ0v) is 71.3. The molecule has 22 rings (SSSR count). The molecule has 0 N–H and O–H groups in total. The Balaban J connectivity index is 0.000000154. The van der Waals surface area contributed by atoms with Gasteiger partial charge in [-0.25, -0.2) is 0 Å². The predicted molar refractivity (Wildman–Crippen MR) is 535 cm³/mol. The van der Waals surface area contributed by atoms with E-state index in [1.165, 1.54) is 154 Å². The number of hydrogen-bond donors (Lipinski definition) is 0. The van der Waals surface area contributed by atoms with Gasteiger partial charge in [0.15, 0.2) is 0 Å². The van der Waals surface area contributed by atoms with Crippen LogP contribution in [-0.4, -0.2) is 9.13 Å². The molecular formula is C120H93N5. The molecule has 0 spiro atoms. The van der Waals surface area contributed by atoms with Gasteiger partial charge in [0, 0.05) is 84.1 Å². The molecule has 0 bridgehead atoms. The van der Waals surface area contributed by atoms with Gasteiger partial charge < -0.3 is 23.8 Å². The fourth-order valence-electron chi connectivity index (χ4n) is 19.5. The van der Waals surface area contributed by atoms with E-state index in [0.717, 1.165) is 67.9 Å². The summed E-state index contributed by atoms with van der Waals surface area (Å²) >= 11 is 0. The quantitative estimate of drug-likeness (QED) is 0.0954. The van der Waals surface area contributed by atoms with Crippen molar-refractivity contribution >= 4 is 138 Å². The van der Waals surface area contributed by atoms with Gasteiger partial charge in [-0.15, -0.1) is 0 Å². The van der Waals surface area contributed by atoms with Crippen LogP contribution < -0.4 is 14.7 Å². The first-order valence-corrected chi connectivity index (χ1v) is 43.5. The van der Waals surface area contributed by atoms with Crippen LogP contribution in [0.4, 0.5) is 51.2 Å². The minimum atomic E-state index is 0.0960. The third kappa shape index (κ3) is 13.9. The van der Waals surface area contributed by atoms with Gasteiger partial charge >= 0.3 is 0 Å². The lowest BCUT2D eigenvalue weighted by atomic mass is 9.82. The molecular weight excluding hydrogens is 1510 g/mol. The Morgan fingerprint density at radius 3 is 0.944 bits per heavy atom. The van der Waals surface area contributed by atoms with Gasteiger partial charge in [-0.2, -0.15) is 0 Å². The molecule has 0 unspecified atom stereocenters. The summed E-state index contributed by atoms with van der Waals surface area (Å²) in [7, 11) is 0. The van der Waals surface area contributed by atoms with Crippen LogP contribution in [0, 0.1) is 27.7 Å². The van der Waals surface area contributed by atoms with E-state index in [0.29, 0.717) is 0 Å². The van der Waals surface area contributed by atoms with E-state index in [-0.39, 0.29) is 5.41 Å². The molecule has 5 nitrogen and oxygen atoms in total. The second-order valence-corrected chi connectivity index (χ2v) is 34.1. The van der Waals surface area contributed by atoms with Crippen LogP contribution in [-0.2, 0) is 5.41 Å². The number of rotatable bonds is 15. The summed E-state index contributed by atoms with van der Waals surface area (Å²) < 4.78 is 4.92. The second kappa shape index (κ2) is 32.1. The Hall–Kier alpha value is -15.6. The number of anilines is 9. The van der Waals surface area contributed by atoms with Gasteiger partial charge in [-0.1, -0.05) is 305 Å². The molecule has 0 fully saturated rings. The SMILES string of the molecule is Cc1cc(-n2c3ccc(N(c4ccccc4)c4ccccc4)cc3c3cc(N(c4ccccc4)c4ccccc4)ccc32)ccc1-c1c2ccccc2c(-c2ccccc2)c2ccccc12.Cc1ccc2c(-c3cc(C)c(-n4c5ccccc5c5cc(N(c6ccccc6)c6ccccc6)ccc54)cc3C)c3ccccc3c(-c3ccc(C(C)(C)C)cc3)c2c1. The Morgan fingerprint density at radius 2 is 0.528 bits per heavy atom. The van der Waals surface area contributed by atoms with Crippen molar-refractivity contribution in [2.24, 2.45) is 0 Å². The zero-order valence-electron chi connectivity index (χ0n) is 71.3. The van der Waals surface area contributed by atoms with Gasteiger partial charge in [-0.3, -0.25) is 0 Å². The molecule has 0 saturated carbocycles. The number of fused-ring (bicyclic) bond motifs is 10. The Kier molecular flexibility index (Phi) is 19.7. The summed E-state index contributed by atoms with van der Waals surface area (Å²) in [6, 6.07) is 159. The Morgan fingerprint density at radius 1 is 0.200 bits per heavy atom. The third-order valence-corrected chi connectivity index (χ3v) is 25.3. The van der Waals surface area contributed by atoms with E-state index >= 15 is 0 Å². The van der Waals surface area contributed by atoms with Crippen LogP contribution >= 0.6 is 0 Å². The lowest BCUT2D eigenvalue weighted by Crippen LogP contribution is -2.10. The number of nitrogens with zero attached hydrogens (tertiary/aromatic N) is 5. The number of para-hydroxylation sites is 7. The molecule has 2 aromatic heterocycles.